The van der Waals surface area contributed by atoms with Crippen molar-refractivity contribution < 1.29 is 14.0 Å². The van der Waals surface area contributed by atoms with Crippen molar-refractivity contribution in [3.63, 3.8) is 0 Å². The fraction of sp³-hybridized carbons (Fsp3) is 0.0833. The Morgan fingerprint density at radius 2 is 1.31 bits per heavy atom. The lowest BCUT2D eigenvalue weighted by Crippen LogP contribution is -2.03. The molecule has 4 nitrogen and oxygen atoms in total. The van der Waals surface area contributed by atoms with Crippen LogP contribution in [0.4, 0.5) is 5.69 Å². The second-order valence-electron chi connectivity index (χ2n) is 6.60. The first kappa shape index (κ1) is 19.1. The van der Waals surface area contributed by atoms with Crippen LogP contribution in [0.25, 0.3) is 11.5 Å². The summed E-state index contributed by atoms with van der Waals surface area (Å²) in [5.41, 5.74) is 2.51. The van der Waals surface area contributed by atoms with Crippen LogP contribution in [0, 0.1) is 0 Å². The SMILES string of the molecule is CCOc1ccc(NP2(=O)C=C(c3ccccc3)OC(c3ccccc3)=C2)cc1. The lowest BCUT2D eigenvalue weighted by molar-refractivity contribution is 0.340. The van der Waals surface area contributed by atoms with Crippen molar-refractivity contribution in [2.45, 2.75) is 6.92 Å². The van der Waals surface area contributed by atoms with Crippen LogP contribution in [0.15, 0.2) is 96.6 Å². The van der Waals surface area contributed by atoms with Crippen LogP contribution in [0.2, 0.25) is 0 Å². The van der Waals surface area contributed by atoms with Gasteiger partial charge >= 0.3 is 0 Å². The van der Waals surface area contributed by atoms with E-state index in [1.54, 1.807) is 11.6 Å². The molecule has 5 heteroatoms. The van der Waals surface area contributed by atoms with Gasteiger partial charge in [-0.1, -0.05) is 60.7 Å². The molecule has 0 unspecified atom stereocenters. The Bertz CT molecular complexity index is 1010. The predicted octanol–water partition coefficient (Wildman–Crippen LogP) is 6.80. The van der Waals surface area contributed by atoms with Gasteiger partial charge in [-0.15, -0.1) is 0 Å². The zero-order valence-electron chi connectivity index (χ0n) is 16.1. The molecule has 0 atom stereocenters. The Morgan fingerprint density at radius 1 is 0.793 bits per heavy atom. The first-order chi connectivity index (χ1) is 14.1. The van der Waals surface area contributed by atoms with Crippen molar-refractivity contribution >= 4 is 24.5 Å². The van der Waals surface area contributed by atoms with Gasteiger partial charge in [-0.05, 0) is 31.2 Å². The molecule has 0 radical (unpaired) electrons. The zero-order valence-corrected chi connectivity index (χ0v) is 17.0. The predicted molar refractivity (Wildman–Crippen MR) is 119 cm³/mol. The van der Waals surface area contributed by atoms with Crippen molar-refractivity contribution in [3.8, 4) is 5.75 Å². The van der Waals surface area contributed by atoms with Gasteiger partial charge in [-0.3, -0.25) is 4.57 Å². The van der Waals surface area contributed by atoms with Gasteiger partial charge < -0.3 is 14.6 Å². The van der Waals surface area contributed by atoms with Crippen molar-refractivity contribution in [2.24, 2.45) is 0 Å². The monoisotopic (exact) mass is 403 g/mol. The number of benzene rings is 3. The van der Waals surface area contributed by atoms with E-state index in [2.05, 4.69) is 5.09 Å². The van der Waals surface area contributed by atoms with Gasteiger partial charge in [0.2, 0.25) is 7.29 Å². The van der Waals surface area contributed by atoms with Crippen molar-refractivity contribution in [1.82, 2.24) is 0 Å². The minimum atomic E-state index is -3.05. The maximum atomic E-state index is 13.8. The highest BCUT2D eigenvalue weighted by atomic mass is 31.2. The Balaban J connectivity index is 1.70. The maximum Gasteiger partial charge on any atom is 0.220 e. The molecule has 0 aliphatic carbocycles. The van der Waals surface area contributed by atoms with E-state index in [9.17, 15) is 4.57 Å². The molecule has 0 aromatic heterocycles. The minimum absolute atomic E-state index is 0.578. The standard InChI is InChI=1S/C24H22NO3P/c1-2-27-22-15-13-21(14-16-22)25-29(26)17-23(19-9-5-3-6-10-19)28-24(18-29)20-11-7-4-8-12-20/h3-18H,2H2,1H3,(H,25,26). The summed E-state index contributed by atoms with van der Waals surface area (Å²) in [7, 11) is -3.05. The van der Waals surface area contributed by atoms with E-state index in [0.29, 0.717) is 18.1 Å². The molecule has 4 rings (SSSR count). The summed E-state index contributed by atoms with van der Waals surface area (Å²) in [4.78, 5) is 0. The molecule has 1 heterocycles. The zero-order chi connectivity index (χ0) is 20.1. The molecule has 1 aliphatic rings. The fourth-order valence-corrected chi connectivity index (χ4v) is 4.94. The maximum absolute atomic E-state index is 13.8. The summed E-state index contributed by atoms with van der Waals surface area (Å²) in [6.45, 7) is 2.55. The molecule has 0 saturated heterocycles. The molecule has 1 aliphatic heterocycles. The molecule has 0 fully saturated rings. The molecule has 146 valence electrons. The highest BCUT2D eigenvalue weighted by Gasteiger charge is 2.27. The number of hydrogen-bond acceptors (Lipinski definition) is 3. The minimum Gasteiger partial charge on any atom is -0.494 e. The second-order valence-corrected chi connectivity index (χ2v) is 8.76. The van der Waals surface area contributed by atoms with Gasteiger partial charge in [0.25, 0.3) is 0 Å². The number of rotatable bonds is 6. The number of anilines is 1. The summed E-state index contributed by atoms with van der Waals surface area (Å²) in [6.07, 6.45) is 0. The average Bonchev–Trinajstić information content (AvgIpc) is 2.76. The van der Waals surface area contributed by atoms with Crippen molar-refractivity contribution in [3.05, 3.63) is 108 Å². The van der Waals surface area contributed by atoms with Crippen LogP contribution in [0.5, 0.6) is 5.75 Å². The third kappa shape index (κ3) is 4.61. The summed E-state index contributed by atoms with van der Waals surface area (Å²) in [5.74, 6) is 5.31. The summed E-state index contributed by atoms with van der Waals surface area (Å²) in [6, 6.07) is 26.9. The van der Waals surface area contributed by atoms with Crippen LogP contribution in [-0.2, 0) is 9.30 Å². The Hall–Kier alpha value is -3.23. The molecule has 0 bridgehead atoms. The first-order valence-electron chi connectivity index (χ1n) is 9.50. The molecule has 0 amide bonds. The van der Waals surface area contributed by atoms with Crippen molar-refractivity contribution in [2.75, 3.05) is 11.7 Å². The molecule has 29 heavy (non-hydrogen) atoms. The van der Waals surface area contributed by atoms with Gasteiger partial charge in [0.1, 0.15) is 17.3 Å². The summed E-state index contributed by atoms with van der Waals surface area (Å²) >= 11 is 0. The Kier molecular flexibility index (Phi) is 5.55. The molecular weight excluding hydrogens is 381 g/mol. The molecule has 0 saturated carbocycles. The van der Waals surface area contributed by atoms with E-state index in [4.69, 9.17) is 9.47 Å². The number of hydrogen-bond donors (Lipinski definition) is 1. The largest absolute Gasteiger partial charge is 0.494 e. The van der Waals surface area contributed by atoms with Gasteiger partial charge in [0.15, 0.2) is 0 Å². The second kappa shape index (κ2) is 8.42. The average molecular weight is 403 g/mol. The molecule has 3 aromatic rings. The fourth-order valence-electron chi connectivity index (χ4n) is 3.09. The smallest absolute Gasteiger partial charge is 0.220 e. The molecule has 0 spiro atoms. The number of ether oxygens (including phenoxy) is 2. The van der Waals surface area contributed by atoms with E-state index in [1.165, 1.54) is 0 Å². The topological polar surface area (TPSA) is 47.6 Å². The van der Waals surface area contributed by atoms with Crippen LogP contribution < -0.4 is 9.82 Å². The van der Waals surface area contributed by atoms with Crippen LogP contribution in [-0.4, -0.2) is 6.61 Å². The highest BCUT2D eigenvalue weighted by molar-refractivity contribution is 7.72. The van der Waals surface area contributed by atoms with Gasteiger partial charge in [-0.25, -0.2) is 0 Å². The quantitative estimate of drug-likeness (QED) is 0.460. The normalized spacial score (nSPS) is 14.9. The van der Waals surface area contributed by atoms with Crippen LogP contribution in [0.1, 0.15) is 18.1 Å². The van der Waals surface area contributed by atoms with E-state index in [0.717, 1.165) is 22.6 Å². The van der Waals surface area contributed by atoms with Gasteiger partial charge in [0, 0.05) is 28.4 Å². The Morgan fingerprint density at radius 3 is 1.79 bits per heavy atom. The highest BCUT2D eigenvalue weighted by Crippen LogP contribution is 2.56. The van der Waals surface area contributed by atoms with E-state index < -0.39 is 7.29 Å². The van der Waals surface area contributed by atoms with Gasteiger partial charge in [0.05, 0.1) is 6.61 Å². The third-order valence-electron chi connectivity index (χ3n) is 4.42. The first-order valence-corrected chi connectivity index (χ1v) is 11.3. The lowest BCUT2D eigenvalue weighted by Gasteiger charge is -2.24. The summed E-state index contributed by atoms with van der Waals surface area (Å²) < 4.78 is 25.4. The molecule has 1 N–H and O–H groups in total. The van der Waals surface area contributed by atoms with Gasteiger partial charge in [-0.2, -0.15) is 0 Å². The van der Waals surface area contributed by atoms with E-state index in [-0.39, 0.29) is 0 Å². The van der Waals surface area contributed by atoms with E-state index in [1.807, 2.05) is 91.9 Å². The Labute approximate surface area is 170 Å². The third-order valence-corrected chi connectivity index (χ3v) is 6.27. The van der Waals surface area contributed by atoms with Crippen LogP contribution in [0.3, 0.4) is 0 Å². The molecular formula is C24H22NO3P. The van der Waals surface area contributed by atoms with E-state index >= 15 is 0 Å². The molecule has 3 aromatic carbocycles. The van der Waals surface area contributed by atoms with Crippen LogP contribution >= 0.6 is 7.29 Å². The lowest BCUT2D eigenvalue weighted by atomic mass is 10.2. The number of nitrogens with one attached hydrogen (secondary N) is 1. The van der Waals surface area contributed by atoms with Crippen molar-refractivity contribution in [1.29, 1.82) is 0 Å². The summed E-state index contributed by atoms with van der Waals surface area (Å²) in [5, 5.41) is 3.19.